The summed E-state index contributed by atoms with van der Waals surface area (Å²) in [7, 11) is 0. The van der Waals surface area contributed by atoms with Gasteiger partial charge in [0.05, 0.1) is 11.1 Å². The van der Waals surface area contributed by atoms with Crippen LogP contribution in [0.25, 0.3) is 32.7 Å². The zero-order valence-corrected chi connectivity index (χ0v) is 18.1. The Kier molecular flexibility index (Phi) is 5.73. The average Bonchev–Trinajstić information content (AvgIpc) is 2.77. The largest absolute Gasteiger partial charge is 0.478 e. The van der Waals surface area contributed by atoms with Crippen molar-refractivity contribution in [2.75, 3.05) is 0 Å². The predicted octanol–water partition coefficient (Wildman–Crippen LogP) is 4.91. The van der Waals surface area contributed by atoms with E-state index in [0.29, 0.717) is 10.8 Å². The Morgan fingerprint density at radius 1 is 0.706 bits per heavy atom. The summed E-state index contributed by atoms with van der Waals surface area (Å²) >= 11 is 0. The van der Waals surface area contributed by atoms with Gasteiger partial charge in [0.25, 0.3) is 0 Å². The van der Waals surface area contributed by atoms with Crippen LogP contribution in [0.15, 0.2) is 60.7 Å². The number of carbonyl (C=O) groups excluding carboxylic acids is 2. The number of ether oxygens (including phenoxy) is 2. The van der Waals surface area contributed by atoms with Gasteiger partial charge in [-0.3, -0.25) is 9.59 Å². The molecule has 170 valence electrons. The van der Waals surface area contributed by atoms with Crippen molar-refractivity contribution in [2.45, 2.75) is 13.8 Å². The molecule has 0 aliphatic heterocycles. The third-order valence-electron chi connectivity index (χ3n) is 5.19. The highest BCUT2D eigenvalue weighted by molar-refractivity contribution is 6.12. The van der Waals surface area contributed by atoms with Gasteiger partial charge in [0.2, 0.25) is 0 Å². The normalized spacial score (nSPS) is 10.8. The Morgan fingerprint density at radius 3 is 1.94 bits per heavy atom. The molecule has 8 nitrogen and oxygen atoms in total. The molecule has 0 unspecified atom stereocenters. The molecule has 4 rings (SSSR count). The Bertz CT molecular complexity index is 1520. The van der Waals surface area contributed by atoms with Gasteiger partial charge in [-0.2, -0.15) is 0 Å². The van der Waals surface area contributed by atoms with Crippen molar-refractivity contribution in [1.82, 2.24) is 0 Å². The Morgan fingerprint density at radius 2 is 1.35 bits per heavy atom. The second-order valence-corrected chi connectivity index (χ2v) is 7.56. The second kappa shape index (κ2) is 8.67. The first kappa shape index (κ1) is 22.5. The minimum atomic E-state index is -1.38. The molecule has 4 aromatic rings. The maximum Gasteiger partial charge on any atom is 0.336 e. The third-order valence-corrected chi connectivity index (χ3v) is 5.19. The van der Waals surface area contributed by atoms with Crippen LogP contribution >= 0.6 is 0 Å². The molecule has 0 radical (unpaired) electrons. The highest BCUT2D eigenvalue weighted by Crippen LogP contribution is 2.46. The van der Waals surface area contributed by atoms with E-state index in [-0.39, 0.29) is 33.8 Å². The van der Waals surface area contributed by atoms with E-state index < -0.39 is 23.9 Å². The molecule has 0 spiro atoms. The van der Waals surface area contributed by atoms with Crippen LogP contribution in [0.5, 0.6) is 11.5 Å². The van der Waals surface area contributed by atoms with Gasteiger partial charge in [-0.15, -0.1) is 0 Å². The molecule has 0 aromatic heterocycles. The number of carboxylic acids is 2. The van der Waals surface area contributed by atoms with Crippen molar-refractivity contribution in [3.8, 4) is 22.6 Å². The molecule has 0 fully saturated rings. The molecular weight excluding hydrogens is 440 g/mol. The second-order valence-electron chi connectivity index (χ2n) is 7.56. The molecule has 4 aromatic carbocycles. The number of benzene rings is 4. The molecule has 0 atom stereocenters. The van der Waals surface area contributed by atoms with Gasteiger partial charge in [-0.25, -0.2) is 9.59 Å². The van der Waals surface area contributed by atoms with Crippen LogP contribution in [-0.4, -0.2) is 34.1 Å². The maximum atomic E-state index is 12.1. The van der Waals surface area contributed by atoms with Gasteiger partial charge in [0, 0.05) is 25.0 Å². The highest BCUT2D eigenvalue weighted by Gasteiger charge is 2.25. The quantitative estimate of drug-likeness (QED) is 0.245. The summed E-state index contributed by atoms with van der Waals surface area (Å²) < 4.78 is 10.8. The van der Waals surface area contributed by atoms with Crippen LogP contribution in [-0.2, 0) is 9.59 Å². The van der Waals surface area contributed by atoms with E-state index in [9.17, 15) is 29.4 Å². The number of aromatic carboxylic acids is 2. The van der Waals surface area contributed by atoms with E-state index in [4.69, 9.17) is 9.47 Å². The molecule has 0 aliphatic carbocycles. The molecule has 2 N–H and O–H groups in total. The lowest BCUT2D eigenvalue weighted by Crippen LogP contribution is -2.10. The van der Waals surface area contributed by atoms with Crippen LogP contribution in [0.4, 0.5) is 0 Å². The maximum absolute atomic E-state index is 12.1. The topological polar surface area (TPSA) is 127 Å². The Balaban J connectivity index is 2.20. The van der Waals surface area contributed by atoms with Gasteiger partial charge < -0.3 is 19.7 Å². The SMILES string of the molecule is CC(=O)Oc1cc2cc3ccccc3cc2c(-c2ccc(C(=O)O)cc2C(=O)O)c1OC(C)=O. The number of hydrogen-bond donors (Lipinski definition) is 2. The molecule has 0 amide bonds. The molecule has 0 saturated heterocycles. The average molecular weight is 458 g/mol. The van der Waals surface area contributed by atoms with Gasteiger partial charge >= 0.3 is 23.9 Å². The summed E-state index contributed by atoms with van der Waals surface area (Å²) in [5.41, 5.74) is -0.254. The minimum absolute atomic E-state index is 0.0702. The molecule has 0 heterocycles. The van der Waals surface area contributed by atoms with Crippen molar-refractivity contribution in [2.24, 2.45) is 0 Å². The van der Waals surface area contributed by atoms with Crippen LogP contribution in [0.1, 0.15) is 34.6 Å². The molecule has 34 heavy (non-hydrogen) atoms. The monoisotopic (exact) mass is 458 g/mol. The summed E-state index contributed by atoms with van der Waals surface area (Å²) in [5, 5.41) is 22.1. The van der Waals surface area contributed by atoms with Crippen LogP contribution in [0.2, 0.25) is 0 Å². The standard InChI is InChI=1S/C26H18O8/c1-13(27)33-22-12-18-9-15-5-3-4-6-16(15)10-20(18)23(24(22)34-14(2)28)19-8-7-17(25(29)30)11-21(19)26(31)32/h3-12H,1-2H3,(H,29,30)(H,31,32). The van der Waals surface area contributed by atoms with Crippen molar-refractivity contribution in [1.29, 1.82) is 0 Å². The number of esters is 2. The van der Waals surface area contributed by atoms with Crippen molar-refractivity contribution < 1.29 is 38.9 Å². The lowest BCUT2D eigenvalue weighted by molar-refractivity contribution is -0.134. The number of carboxylic acid groups (broad SMARTS) is 2. The first-order valence-corrected chi connectivity index (χ1v) is 10.1. The first-order valence-electron chi connectivity index (χ1n) is 10.1. The van der Waals surface area contributed by atoms with Crippen LogP contribution < -0.4 is 9.47 Å². The molecule has 8 heteroatoms. The van der Waals surface area contributed by atoms with E-state index in [1.165, 1.54) is 25.1 Å². The van der Waals surface area contributed by atoms with E-state index in [1.54, 1.807) is 6.07 Å². The van der Waals surface area contributed by atoms with Crippen LogP contribution in [0.3, 0.4) is 0 Å². The van der Waals surface area contributed by atoms with E-state index in [0.717, 1.165) is 23.8 Å². The molecule has 0 bridgehead atoms. The van der Waals surface area contributed by atoms with Crippen molar-refractivity contribution >= 4 is 45.4 Å². The van der Waals surface area contributed by atoms with Crippen molar-refractivity contribution in [3.05, 3.63) is 71.8 Å². The number of rotatable bonds is 5. The minimum Gasteiger partial charge on any atom is -0.478 e. The number of carbonyl (C=O) groups is 4. The zero-order chi connectivity index (χ0) is 24.6. The Labute approximate surface area is 193 Å². The lowest BCUT2D eigenvalue weighted by Gasteiger charge is -2.19. The first-order chi connectivity index (χ1) is 16.2. The number of hydrogen-bond acceptors (Lipinski definition) is 6. The lowest BCUT2D eigenvalue weighted by atomic mass is 9.90. The third kappa shape index (κ3) is 4.16. The number of fused-ring (bicyclic) bond motifs is 2. The van der Waals surface area contributed by atoms with Gasteiger partial charge in [0.1, 0.15) is 0 Å². The predicted molar refractivity (Wildman–Crippen MR) is 123 cm³/mol. The summed E-state index contributed by atoms with van der Waals surface area (Å²) in [4.78, 5) is 47.4. The van der Waals surface area contributed by atoms with Gasteiger partial charge in [0.15, 0.2) is 11.5 Å². The van der Waals surface area contributed by atoms with E-state index in [2.05, 4.69) is 0 Å². The van der Waals surface area contributed by atoms with Gasteiger partial charge in [-0.1, -0.05) is 30.3 Å². The summed E-state index contributed by atoms with van der Waals surface area (Å²) in [6.45, 7) is 2.35. The van der Waals surface area contributed by atoms with Crippen LogP contribution in [0, 0.1) is 0 Å². The van der Waals surface area contributed by atoms with Crippen molar-refractivity contribution in [3.63, 3.8) is 0 Å². The molecular formula is C26H18O8. The Hall–Kier alpha value is -4.72. The highest BCUT2D eigenvalue weighted by atomic mass is 16.6. The van der Waals surface area contributed by atoms with E-state index >= 15 is 0 Å². The fourth-order valence-electron chi connectivity index (χ4n) is 3.86. The summed E-state index contributed by atoms with van der Waals surface area (Å²) in [6, 6.07) is 16.3. The zero-order valence-electron chi connectivity index (χ0n) is 18.1. The fourth-order valence-corrected chi connectivity index (χ4v) is 3.86. The van der Waals surface area contributed by atoms with Gasteiger partial charge in [-0.05, 0) is 51.9 Å². The molecule has 0 aliphatic rings. The smallest absolute Gasteiger partial charge is 0.336 e. The summed E-state index contributed by atoms with van der Waals surface area (Å²) in [6.07, 6.45) is 0. The fraction of sp³-hybridized carbons (Fsp3) is 0.0769. The molecule has 0 saturated carbocycles. The summed E-state index contributed by atoms with van der Waals surface area (Å²) in [5.74, 6) is -4.26. The van der Waals surface area contributed by atoms with E-state index in [1.807, 2.05) is 30.3 Å².